The van der Waals surface area contributed by atoms with Gasteiger partial charge in [0.1, 0.15) is 0 Å². The number of carboxylic acid groups (broad SMARTS) is 1. The summed E-state index contributed by atoms with van der Waals surface area (Å²) >= 11 is 0. The molecule has 1 aromatic rings. The molecule has 0 fully saturated rings. The minimum absolute atomic E-state index is 0.0228. The van der Waals surface area contributed by atoms with E-state index in [1.54, 1.807) is 24.7 Å². The van der Waals surface area contributed by atoms with Crippen LogP contribution in [0.25, 0.3) is 0 Å². The van der Waals surface area contributed by atoms with E-state index in [-0.39, 0.29) is 12.5 Å². The molecule has 0 saturated carbocycles. The van der Waals surface area contributed by atoms with E-state index in [4.69, 9.17) is 5.11 Å². The summed E-state index contributed by atoms with van der Waals surface area (Å²) in [5.74, 6) is -0.869. The second kappa shape index (κ2) is 6.40. The van der Waals surface area contributed by atoms with Crippen molar-refractivity contribution in [2.75, 3.05) is 0 Å². The topological polar surface area (TPSA) is 96.2 Å². The van der Waals surface area contributed by atoms with E-state index in [9.17, 15) is 9.59 Å². The molecule has 1 heterocycles. The van der Waals surface area contributed by atoms with Gasteiger partial charge in [-0.3, -0.25) is 9.48 Å². The van der Waals surface area contributed by atoms with Gasteiger partial charge in [-0.15, -0.1) is 0 Å². The molecule has 20 heavy (non-hydrogen) atoms. The van der Waals surface area contributed by atoms with Gasteiger partial charge < -0.3 is 15.7 Å². The van der Waals surface area contributed by atoms with Gasteiger partial charge in [0.2, 0.25) is 0 Å². The maximum Gasteiger partial charge on any atom is 0.315 e. The Kier molecular flexibility index (Phi) is 5.12. The van der Waals surface area contributed by atoms with E-state index in [1.807, 2.05) is 14.0 Å². The van der Waals surface area contributed by atoms with Gasteiger partial charge >= 0.3 is 12.0 Å². The van der Waals surface area contributed by atoms with Gasteiger partial charge in [0.05, 0.1) is 6.20 Å². The number of carboxylic acids is 1. The van der Waals surface area contributed by atoms with Crippen LogP contribution in [0, 0.1) is 6.92 Å². The number of nitrogens with zero attached hydrogens (tertiary/aromatic N) is 2. The number of aliphatic carboxylic acids is 1. The van der Waals surface area contributed by atoms with Crippen LogP contribution in [0.3, 0.4) is 0 Å². The van der Waals surface area contributed by atoms with Gasteiger partial charge in [-0.05, 0) is 27.2 Å². The summed E-state index contributed by atoms with van der Waals surface area (Å²) in [7, 11) is 1.84. The number of hydrogen-bond donors (Lipinski definition) is 3. The fourth-order valence-electron chi connectivity index (χ4n) is 1.73. The molecular weight excluding hydrogens is 260 g/mol. The van der Waals surface area contributed by atoms with Crippen LogP contribution in [0.1, 0.15) is 37.9 Å². The summed E-state index contributed by atoms with van der Waals surface area (Å²) in [6.07, 6.45) is 2.11. The van der Waals surface area contributed by atoms with Crippen LogP contribution in [0.5, 0.6) is 0 Å². The zero-order valence-corrected chi connectivity index (χ0v) is 12.4. The van der Waals surface area contributed by atoms with Crippen molar-refractivity contribution < 1.29 is 14.7 Å². The fraction of sp³-hybridized carbons (Fsp3) is 0.615. The SMILES string of the molecule is Cc1c(CNC(=O)NC(C)(C)CCC(=O)O)cnn1C. The third-order valence-corrected chi connectivity index (χ3v) is 3.19. The Morgan fingerprint density at radius 3 is 2.60 bits per heavy atom. The third-order valence-electron chi connectivity index (χ3n) is 3.19. The number of hydrogen-bond acceptors (Lipinski definition) is 3. The Labute approximate surface area is 118 Å². The van der Waals surface area contributed by atoms with E-state index in [0.29, 0.717) is 13.0 Å². The maximum absolute atomic E-state index is 11.8. The largest absolute Gasteiger partial charge is 0.481 e. The molecule has 3 N–H and O–H groups in total. The molecule has 0 spiro atoms. The van der Waals surface area contributed by atoms with Crippen molar-refractivity contribution in [1.82, 2.24) is 20.4 Å². The number of aromatic nitrogens is 2. The van der Waals surface area contributed by atoms with Crippen LogP contribution < -0.4 is 10.6 Å². The average molecular weight is 282 g/mol. The molecule has 112 valence electrons. The van der Waals surface area contributed by atoms with Crippen molar-refractivity contribution in [3.8, 4) is 0 Å². The van der Waals surface area contributed by atoms with Crippen molar-refractivity contribution in [3.05, 3.63) is 17.5 Å². The predicted molar refractivity (Wildman–Crippen MR) is 74.3 cm³/mol. The molecule has 0 radical (unpaired) electrons. The number of amides is 2. The Morgan fingerprint density at radius 2 is 2.10 bits per heavy atom. The monoisotopic (exact) mass is 282 g/mol. The second-order valence-electron chi connectivity index (χ2n) is 5.46. The molecule has 7 heteroatoms. The molecule has 0 aromatic carbocycles. The summed E-state index contributed by atoms with van der Waals surface area (Å²) in [5, 5.41) is 18.3. The number of aryl methyl sites for hydroxylation is 1. The van der Waals surface area contributed by atoms with Crippen LogP contribution in [0.4, 0.5) is 4.79 Å². The Bertz CT molecular complexity index is 494. The van der Waals surface area contributed by atoms with E-state index in [2.05, 4.69) is 15.7 Å². The Hall–Kier alpha value is -2.05. The smallest absolute Gasteiger partial charge is 0.315 e. The van der Waals surface area contributed by atoms with Crippen molar-refractivity contribution in [2.24, 2.45) is 7.05 Å². The lowest BCUT2D eigenvalue weighted by Gasteiger charge is -2.25. The molecule has 1 aromatic heterocycles. The lowest BCUT2D eigenvalue weighted by atomic mass is 9.99. The number of urea groups is 1. The molecule has 0 unspecified atom stereocenters. The molecule has 7 nitrogen and oxygen atoms in total. The van der Waals surface area contributed by atoms with Gasteiger partial charge in [-0.1, -0.05) is 0 Å². The Morgan fingerprint density at radius 1 is 1.45 bits per heavy atom. The van der Waals surface area contributed by atoms with Crippen molar-refractivity contribution in [2.45, 2.75) is 45.7 Å². The van der Waals surface area contributed by atoms with Crippen LogP contribution in [0.2, 0.25) is 0 Å². The molecule has 0 saturated heterocycles. The molecular formula is C13H22N4O3. The van der Waals surface area contributed by atoms with E-state index in [0.717, 1.165) is 11.3 Å². The van der Waals surface area contributed by atoms with Gasteiger partial charge in [0, 0.05) is 36.8 Å². The lowest BCUT2D eigenvalue weighted by molar-refractivity contribution is -0.137. The zero-order valence-electron chi connectivity index (χ0n) is 12.4. The molecule has 0 atom stereocenters. The van der Waals surface area contributed by atoms with Crippen molar-refractivity contribution in [1.29, 1.82) is 0 Å². The minimum Gasteiger partial charge on any atom is -0.481 e. The number of carbonyl (C=O) groups excluding carboxylic acids is 1. The average Bonchev–Trinajstić information content (AvgIpc) is 2.65. The second-order valence-corrected chi connectivity index (χ2v) is 5.46. The number of nitrogens with one attached hydrogen (secondary N) is 2. The summed E-state index contributed by atoms with van der Waals surface area (Å²) in [6.45, 7) is 5.91. The quantitative estimate of drug-likeness (QED) is 0.729. The van der Waals surface area contributed by atoms with E-state index < -0.39 is 11.5 Å². The highest BCUT2D eigenvalue weighted by Crippen LogP contribution is 2.11. The van der Waals surface area contributed by atoms with E-state index >= 15 is 0 Å². The molecule has 1 rings (SSSR count). The highest BCUT2D eigenvalue weighted by molar-refractivity contribution is 5.75. The molecule has 0 bridgehead atoms. The number of rotatable bonds is 6. The van der Waals surface area contributed by atoms with Crippen LogP contribution in [-0.4, -0.2) is 32.4 Å². The molecule has 0 aliphatic rings. The van der Waals surface area contributed by atoms with Gasteiger partial charge in [0.25, 0.3) is 0 Å². The Balaban J connectivity index is 2.43. The van der Waals surface area contributed by atoms with Crippen molar-refractivity contribution >= 4 is 12.0 Å². The maximum atomic E-state index is 11.8. The summed E-state index contributed by atoms with van der Waals surface area (Å²) in [4.78, 5) is 22.3. The predicted octanol–water partition coefficient (Wildman–Crippen LogP) is 1.17. The minimum atomic E-state index is -0.869. The van der Waals surface area contributed by atoms with Crippen LogP contribution in [0.15, 0.2) is 6.20 Å². The molecule has 2 amide bonds. The summed E-state index contributed by atoms with van der Waals surface area (Å²) in [6, 6.07) is -0.316. The zero-order chi connectivity index (χ0) is 15.3. The van der Waals surface area contributed by atoms with Crippen LogP contribution in [-0.2, 0) is 18.4 Å². The highest BCUT2D eigenvalue weighted by atomic mass is 16.4. The van der Waals surface area contributed by atoms with E-state index in [1.165, 1.54) is 0 Å². The van der Waals surface area contributed by atoms with Gasteiger partial charge in [-0.2, -0.15) is 5.10 Å². The number of carbonyl (C=O) groups is 2. The standard InChI is InChI=1S/C13H22N4O3/c1-9-10(8-15-17(9)4)7-14-12(20)16-13(2,3)6-5-11(18)19/h8H,5-7H2,1-4H3,(H,18,19)(H2,14,16,20). The normalized spacial score (nSPS) is 11.2. The molecule has 0 aliphatic carbocycles. The highest BCUT2D eigenvalue weighted by Gasteiger charge is 2.21. The van der Waals surface area contributed by atoms with Gasteiger partial charge in [0.15, 0.2) is 0 Å². The first-order valence-corrected chi connectivity index (χ1v) is 6.46. The van der Waals surface area contributed by atoms with Gasteiger partial charge in [-0.25, -0.2) is 4.79 Å². The lowest BCUT2D eigenvalue weighted by Crippen LogP contribution is -2.48. The first-order valence-electron chi connectivity index (χ1n) is 6.46. The van der Waals surface area contributed by atoms with Crippen LogP contribution >= 0.6 is 0 Å². The van der Waals surface area contributed by atoms with Crippen molar-refractivity contribution in [3.63, 3.8) is 0 Å². The summed E-state index contributed by atoms with van der Waals surface area (Å²) in [5.41, 5.74) is 1.38. The third kappa shape index (κ3) is 4.91. The summed E-state index contributed by atoms with van der Waals surface area (Å²) < 4.78 is 1.74. The fourth-order valence-corrected chi connectivity index (χ4v) is 1.73. The first-order chi connectivity index (χ1) is 9.21. The first kappa shape index (κ1) is 16.0. The molecule has 0 aliphatic heterocycles.